The summed E-state index contributed by atoms with van der Waals surface area (Å²) in [7, 11) is 0. The van der Waals surface area contributed by atoms with E-state index in [4.69, 9.17) is 17.3 Å². The van der Waals surface area contributed by atoms with Crippen LogP contribution in [0, 0.1) is 0 Å². The van der Waals surface area contributed by atoms with E-state index in [9.17, 15) is 0 Å². The molecule has 0 aromatic heterocycles. The van der Waals surface area contributed by atoms with Gasteiger partial charge in [-0.2, -0.15) is 0 Å². The summed E-state index contributed by atoms with van der Waals surface area (Å²) in [6.07, 6.45) is 2.30. The number of rotatable bonds is 2. The lowest BCUT2D eigenvalue weighted by Crippen LogP contribution is -2.25. The Kier molecular flexibility index (Phi) is 3.45. The van der Waals surface area contributed by atoms with Gasteiger partial charge in [0.1, 0.15) is 0 Å². The van der Waals surface area contributed by atoms with E-state index in [0.717, 1.165) is 35.7 Å². The molecule has 98 valence electrons. The first-order valence-corrected chi connectivity index (χ1v) is 7.02. The second kappa shape index (κ2) is 5.24. The first-order chi connectivity index (χ1) is 9.31. The molecule has 0 amide bonds. The number of benzene rings is 2. The van der Waals surface area contributed by atoms with Gasteiger partial charge in [0, 0.05) is 35.1 Å². The van der Waals surface area contributed by atoms with Gasteiger partial charge in [0.2, 0.25) is 0 Å². The molecule has 3 heteroatoms. The highest BCUT2D eigenvalue weighted by Crippen LogP contribution is 2.37. The Morgan fingerprint density at radius 1 is 1.05 bits per heavy atom. The summed E-state index contributed by atoms with van der Waals surface area (Å²) in [5.74, 6) is 0. The molecule has 0 saturated heterocycles. The summed E-state index contributed by atoms with van der Waals surface area (Å²) in [6, 6.07) is 14.6. The largest absolute Gasteiger partial charge is 0.341 e. The molecule has 0 bridgehead atoms. The number of hydrogen-bond donors (Lipinski definition) is 1. The molecule has 0 aliphatic carbocycles. The SMILES string of the molecule is NCc1c(Cl)cccc1N1CCCc2ccccc21. The van der Waals surface area contributed by atoms with Gasteiger partial charge >= 0.3 is 0 Å². The van der Waals surface area contributed by atoms with Gasteiger partial charge in [-0.15, -0.1) is 0 Å². The highest BCUT2D eigenvalue weighted by atomic mass is 35.5. The Hall–Kier alpha value is -1.51. The summed E-state index contributed by atoms with van der Waals surface area (Å²) in [4.78, 5) is 2.34. The third-order valence-electron chi connectivity index (χ3n) is 3.70. The first kappa shape index (κ1) is 12.5. The Balaban J connectivity index is 2.12. The van der Waals surface area contributed by atoms with Crippen molar-refractivity contribution in [2.45, 2.75) is 19.4 Å². The third kappa shape index (κ3) is 2.22. The maximum Gasteiger partial charge on any atom is 0.0471 e. The topological polar surface area (TPSA) is 29.3 Å². The molecule has 1 aliphatic rings. The zero-order valence-electron chi connectivity index (χ0n) is 10.8. The number of nitrogens with two attached hydrogens (primary N) is 1. The lowest BCUT2D eigenvalue weighted by Gasteiger charge is -2.33. The third-order valence-corrected chi connectivity index (χ3v) is 4.05. The Bertz CT molecular complexity index is 595. The molecule has 3 rings (SSSR count). The van der Waals surface area contributed by atoms with Crippen molar-refractivity contribution in [3.63, 3.8) is 0 Å². The van der Waals surface area contributed by atoms with E-state index in [0.29, 0.717) is 6.54 Å². The fraction of sp³-hybridized carbons (Fsp3) is 0.250. The van der Waals surface area contributed by atoms with E-state index in [1.165, 1.54) is 11.3 Å². The Morgan fingerprint density at radius 2 is 1.84 bits per heavy atom. The molecule has 0 unspecified atom stereocenters. The molecule has 0 fully saturated rings. The molecular weight excluding hydrogens is 256 g/mol. The second-order valence-electron chi connectivity index (χ2n) is 4.83. The van der Waals surface area contributed by atoms with Gasteiger partial charge in [-0.25, -0.2) is 0 Å². The molecular formula is C16H17ClN2. The summed E-state index contributed by atoms with van der Waals surface area (Å²) in [6.45, 7) is 1.48. The average molecular weight is 273 g/mol. The van der Waals surface area contributed by atoms with E-state index in [1.54, 1.807) is 0 Å². The van der Waals surface area contributed by atoms with Crippen LogP contribution in [0.25, 0.3) is 0 Å². The summed E-state index contributed by atoms with van der Waals surface area (Å²) < 4.78 is 0. The van der Waals surface area contributed by atoms with E-state index in [2.05, 4.69) is 35.2 Å². The van der Waals surface area contributed by atoms with Gasteiger partial charge in [-0.1, -0.05) is 35.9 Å². The minimum absolute atomic E-state index is 0.466. The number of anilines is 2. The van der Waals surface area contributed by atoms with Crippen molar-refractivity contribution in [3.05, 3.63) is 58.6 Å². The summed E-state index contributed by atoms with van der Waals surface area (Å²) in [5, 5.41) is 0.753. The maximum atomic E-state index is 6.27. The van der Waals surface area contributed by atoms with Crippen molar-refractivity contribution in [1.29, 1.82) is 0 Å². The van der Waals surface area contributed by atoms with Crippen LogP contribution in [0.1, 0.15) is 17.5 Å². The van der Waals surface area contributed by atoms with Crippen molar-refractivity contribution in [1.82, 2.24) is 0 Å². The minimum atomic E-state index is 0.466. The van der Waals surface area contributed by atoms with Crippen molar-refractivity contribution < 1.29 is 0 Å². The quantitative estimate of drug-likeness (QED) is 0.899. The number of fused-ring (bicyclic) bond motifs is 1. The molecule has 1 heterocycles. The number of hydrogen-bond acceptors (Lipinski definition) is 2. The van der Waals surface area contributed by atoms with Crippen molar-refractivity contribution in [2.75, 3.05) is 11.4 Å². The van der Waals surface area contributed by atoms with Gasteiger partial charge in [0.05, 0.1) is 0 Å². The lowest BCUT2D eigenvalue weighted by molar-refractivity contribution is 0.763. The molecule has 0 radical (unpaired) electrons. The van der Waals surface area contributed by atoms with Crippen LogP contribution in [-0.4, -0.2) is 6.54 Å². The number of halogens is 1. The molecule has 0 atom stereocenters. The standard InChI is InChI=1S/C16H17ClN2/c17-14-7-3-9-16(13(14)11-18)19-10-4-6-12-5-1-2-8-15(12)19/h1-3,5,7-9H,4,6,10-11,18H2. The summed E-state index contributed by atoms with van der Waals surface area (Å²) in [5.41, 5.74) is 10.7. The normalized spacial score (nSPS) is 14.3. The van der Waals surface area contributed by atoms with E-state index < -0.39 is 0 Å². The van der Waals surface area contributed by atoms with Crippen molar-refractivity contribution in [2.24, 2.45) is 5.73 Å². The first-order valence-electron chi connectivity index (χ1n) is 6.64. The molecule has 0 spiro atoms. The highest BCUT2D eigenvalue weighted by molar-refractivity contribution is 6.31. The number of aryl methyl sites for hydroxylation is 1. The van der Waals surface area contributed by atoms with Crippen LogP contribution >= 0.6 is 11.6 Å². The molecule has 0 saturated carbocycles. The minimum Gasteiger partial charge on any atom is -0.341 e. The van der Waals surface area contributed by atoms with E-state index >= 15 is 0 Å². The molecule has 2 N–H and O–H groups in total. The zero-order chi connectivity index (χ0) is 13.2. The Morgan fingerprint density at radius 3 is 2.68 bits per heavy atom. The van der Waals surface area contributed by atoms with Gasteiger partial charge in [-0.05, 0) is 36.6 Å². The predicted octanol–water partition coefficient (Wildman–Crippen LogP) is 3.88. The maximum absolute atomic E-state index is 6.27. The fourth-order valence-electron chi connectivity index (χ4n) is 2.79. The zero-order valence-corrected chi connectivity index (χ0v) is 11.5. The van der Waals surface area contributed by atoms with E-state index in [1.807, 2.05) is 12.1 Å². The Labute approximate surface area is 118 Å². The van der Waals surface area contributed by atoms with Crippen LogP contribution in [0.4, 0.5) is 11.4 Å². The molecule has 2 aromatic carbocycles. The van der Waals surface area contributed by atoms with E-state index in [-0.39, 0.29) is 0 Å². The second-order valence-corrected chi connectivity index (χ2v) is 5.23. The monoisotopic (exact) mass is 272 g/mol. The van der Waals surface area contributed by atoms with Gasteiger partial charge in [0.15, 0.2) is 0 Å². The van der Waals surface area contributed by atoms with Crippen LogP contribution in [0.2, 0.25) is 5.02 Å². The molecule has 19 heavy (non-hydrogen) atoms. The fourth-order valence-corrected chi connectivity index (χ4v) is 3.03. The molecule has 2 aromatic rings. The van der Waals surface area contributed by atoms with Gasteiger partial charge in [0.25, 0.3) is 0 Å². The van der Waals surface area contributed by atoms with Crippen LogP contribution < -0.4 is 10.6 Å². The molecule has 1 aliphatic heterocycles. The lowest BCUT2D eigenvalue weighted by atomic mass is 10.00. The van der Waals surface area contributed by atoms with Crippen LogP contribution in [0.15, 0.2) is 42.5 Å². The average Bonchev–Trinajstić information content (AvgIpc) is 2.46. The van der Waals surface area contributed by atoms with Crippen LogP contribution in [0.5, 0.6) is 0 Å². The van der Waals surface area contributed by atoms with Crippen LogP contribution in [0.3, 0.4) is 0 Å². The highest BCUT2D eigenvalue weighted by Gasteiger charge is 2.20. The van der Waals surface area contributed by atoms with Crippen molar-refractivity contribution in [3.8, 4) is 0 Å². The predicted molar refractivity (Wildman–Crippen MR) is 81.1 cm³/mol. The summed E-state index contributed by atoms with van der Waals surface area (Å²) >= 11 is 6.27. The van der Waals surface area contributed by atoms with Gasteiger partial charge < -0.3 is 10.6 Å². The molecule has 2 nitrogen and oxygen atoms in total. The number of para-hydroxylation sites is 1. The number of nitrogens with zero attached hydrogens (tertiary/aromatic N) is 1. The van der Waals surface area contributed by atoms with Crippen LogP contribution in [-0.2, 0) is 13.0 Å². The van der Waals surface area contributed by atoms with Crippen molar-refractivity contribution >= 4 is 23.0 Å². The smallest absolute Gasteiger partial charge is 0.0471 e. The van der Waals surface area contributed by atoms with Gasteiger partial charge in [-0.3, -0.25) is 0 Å².